The van der Waals surface area contributed by atoms with Gasteiger partial charge in [0.25, 0.3) is 0 Å². The summed E-state index contributed by atoms with van der Waals surface area (Å²) in [5.74, 6) is 0. The molecule has 0 aliphatic rings. The van der Waals surface area contributed by atoms with Gasteiger partial charge in [0.2, 0.25) is 0 Å². The fourth-order valence-electron chi connectivity index (χ4n) is 1.41. The van der Waals surface area contributed by atoms with Crippen LogP contribution in [0.1, 0.15) is 40.0 Å². The number of nitrogens with one attached hydrogen (secondary N) is 1. The normalized spacial score (nSPS) is 13.6. The molecule has 0 bridgehead atoms. The van der Waals surface area contributed by atoms with Crippen LogP contribution in [0.3, 0.4) is 0 Å². The Kier molecular flexibility index (Phi) is 6.52. The molecule has 1 atom stereocenters. The second-order valence-corrected chi connectivity index (χ2v) is 4.65. The van der Waals surface area contributed by atoms with Gasteiger partial charge in [-0.25, -0.2) is 0 Å². The topological polar surface area (TPSA) is 56.0 Å². The summed E-state index contributed by atoms with van der Waals surface area (Å²) in [7, 11) is 0. The lowest BCUT2D eigenvalue weighted by atomic mass is 9.85. The Morgan fingerprint density at radius 2 is 2.07 bits per heavy atom. The average molecular weight is 198 g/mol. The van der Waals surface area contributed by atoms with Gasteiger partial charge in [-0.1, -0.05) is 20.8 Å². The number of nitrogens with zero attached hydrogens (tertiary/aromatic N) is 1. The first kappa shape index (κ1) is 13.4. The van der Waals surface area contributed by atoms with Crippen molar-refractivity contribution in [2.45, 2.75) is 46.1 Å². The summed E-state index contributed by atoms with van der Waals surface area (Å²) in [5, 5.41) is 20.7. The third-order valence-electron chi connectivity index (χ3n) is 2.32. The number of hydrogen-bond donors (Lipinski definition) is 2. The SMILES string of the molecule is CC(C)(C)C(CCO)NCCCC#N. The highest BCUT2D eigenvalue weighted by Crippen LogP contribution is 2.21. The summed E-state index contributed by atoms with van der Waals surface area (Å²) in [6.45, 7) is 7.54. The monoisotopic (exact) mass is 198 g/mol. The van der Waals surface area contributed by atoms with Crippen LogP contribution >= 0.6 is 0 Å². The number of aliphatic hydroxyl groups excluding tert-OH is 1. The van der Waals surface area contributed by atoms with Gasteiger partial charge in [0, 0.05) is 19.1 Å². The number of aliphatic hydroxyl groups is 1. The Morgan fingerprint density at radius 3 is 2.50 bits per heavy atom. The molecule has 0 aromatic carbocycles. The predicted octanol–water partition coefficient (Wildman–Crippen LogP) is 1.68. The largest absolute Gasteiger partial charge is 0.396 e. The van der Waals surface area contributed by atoms with Crippen LogP contribution in [0.5, 0.6) is 0 Å². The van der Waals surface area contributed by atoms with E-state index in [0.717, 1.165) is 19.4 Å². The molecule has 3 heteroatoms. The highest BCUT2D eigenvalue weighted by molar-refractivity contribution is 4.80. The van der Waals surface area contributed by atoms with E-state index < -0.39 is 0 Å². The van der Waals surface area contributed by atoms with Gasteiger partial charge in [-0.3, -0.25) is 0 Å². The van der Waals surface area contributed by atoms with Crippen molar-refractivity contribution in [2.24, 2.45) is 5.41 Å². The van der Waals surface area contributed by atoms with Gasteiger partial charge >= 0.3 is 0 Å². The zero-order valence-electron chi connectivity index (χ0n) is 9.51. The Morgan fingerprint density at radius 1 is 1.43 bits per heavy atom. The second-order valence-electron chi connectivity index (χ2n) is 4.65. The minimum Gasteiger partial charge on any atom is -0.396 e. The molecule has 82 valence electrons. The molecular weight excluding hydrogens is 176 g/mol. The number of hydrogen-bond acceptors (Lipinski definition) is 3. The van der Waals surface area contributed by atoms with Crippen molar-refractivity contribution in [1.29, 1.82) is 5.26 Å². The summed E-state index contributed by atoms with van der Waals surface area (Å²) >= 11 is 0. The molecule has 14 heavy (non-hydrogen) atoms. The molecule has 0 saturated carbocycles. The molecule has 0 rings (SSSR count). The van der Waals surface area contributed by atoms with Crippen molar-refractivity contribution in [3.05, 3.63) is 0 Å². The van der Waals surface area contributed by atoms with Crippen molar-refractivity contribution >= 4 is 0 Å². The van der Waals surface area contributed by atoms with Gasteiger partial charge in [-0.15, -0.1) is 0 Å². The van der Waals surface area contributed by atoms with Crippen molar-refractivity contribution in [1.82, 2.24) is 5.32 Å². The molecule has 0 spiro atoms. The van der Waals surface area contributed by atoms with Crippen LogP contribution in [0.25, 0.3) is 0 Å². The fraction of sp³-hybridized carbons (Fsp3) is 0.909. The lowest BCUT2D eigenvalue weighted by molar-refractivity contribution is 0.197. The molecule has 0 aliphatic heterocycles. The molecule has 0 aromatic heterocycles. The van der Waals surface area contributed by atoms with Crippen LogP contribution in [-0.4, -0.2) is 24.3 Å². The van der Waals surface area contributed by atoms with Gasteiger partial charge in [0.05, 0.1) is 6.07 Å². The number of unbranched alkanes of at least 4 members (excludes halogenated alkanes) is 1. The van der Waals surface area contributed by atoms with E-state index >= 15 is 0 Å². The van der Waals surface area contributed by atoms with Gasteiger partial charge in [-0.2, -0.15) is 5.26 Å². The molecule has 1 unspecified atom stereocenters. The Balaban J connectivity index is 3.81. The Bertz CT molecular complexity index is 179. The van der Waals surface area contributed by atoms with Crippen molar-refractivity contribution in [3.63, 3.8) is 0 Å². The highest BCUT2D eigenvalue weighted by Gasteiger charge is 2.22. The lowest BCUT2D eigenvalue weighted by Gasteiger charge is -2.31. The van der Waals surface area contributed by atoms with Crippen LogP contribution < -0.4 is 5.32 Å². The first-order valence-electron chi connectivity index (χ1n) is 5.23. The number of nitriles is 1. The molecule has 3 nitrogen and oxygen atoms in total. The first-order chi connectivity index (χ1) is 6.52. The maximum atomic E-state index is 8.91. The average Bonchev–Trinajstić information content (AvgIpc) is 2.08. The van der Waals surface area contributed by atoms with E-state index in [-0.39, 0.29) is 12.0 Å². The number of rotatable bonds is 6. The standard InChI is InChI=1S/C11H22N2O/c1-11(2,3)10(6-9-14)13-8-5-4-7-12/h10,13-14H,4-6,8-9H2,1-3H3. The molecular formula is C11H22N2O. The van der Waals surface area contributed by atoms with E-state index in [1.807, 2.05) is 0 Å². The van der Waals surface area contributed by atoms with Gasteiger partial charge < -0.3 is 10.4 Å². The molecule has 0 aromatic rings. The van der Waals surface area contributed by atoms with Crippen LogP contribution in [0, 0.1) is 16.7 Å². The lowest BCUT2D eigenvalue weighted by Crippen LogP contribution is -2.41. The summed E-state index contributed by atoms with van der Waals surface area (Å²) in [6, 6.07) is 2.45. The first-order valence-corrected chi connectivity index (χ1v) is 5.23. The Labute approximate surface area is 87.1 Å². The van der Waals surface area contributed by atoms with Gasteiger partial charge in [0.1, 0.15) is 0 Å². The van der Waals surface area contributed by atoms with E-state index in [9.17, 15) is 0 Å². The van der Waals surface area contributed by atoms with Gasteiger partial charge in [-0.05, 0) is 24.8 Å². The van der Waals surface area contributed by atoms with E-state index in [1.54, 1.807) is 0 Å². The van der Waals surface area contributed by atoms with Crippen molar-refractivity contribution in [2.75, 3.05) is 13.2 Å². The fourth-order valence-corrected chi connectivity index (χ4v) is 1.41. The van der Waals surface area contributed by atoms with E-state index in [1.165, 1.54) is 0 Å². The zero-order chi connectivity index (χ0) is 11.0. The van der Waals surface area contributed by atoms with Crippen molar-refractivity contribution < 1.29 is 5.11 Å². The van der Waals surface area contributed by atoms with E-state index in [4.69, 9.17) is 10.4 Å². The molecule has 0 fully saturated rings. The zero-order valence-corrected chi connectivity index (χ0v) is 9.51. The molecule has 0 radical (unpaired) electrons. The minimum atomic E-state index is 0.162. The van der Waals surface area contributed by atoms with Crippen LogP contribution in [0.4, 0.5) is 0 Å². The quantitative estimate of drug-likeness (QED) is 0.638. The summed E-state index contributed by atoms with van der Waals surface area (Å²) < 4.78 is 0. The second kappa shape index (κ2) is 6.80. The van der Waals surface area contributed by atoms with Gasteiger partial charge in [0.15, 0.2) is 0 Å². The summed E-state index contributed by atoms with van der Waals surface area (Å²) in [4.78, 5) is 0. The molecule has 0 heterocycles. The summed E-state index contributed by atoms with van der Waals surface area (Å²) in [5.41, 5.74) is 0.162. The van der Waals surface area contributed by atoms with Crippen molar-refractivity contribution in [3.8, 4) is 6.07 Å². The third kappa shape index (κ3) is 5.95. The van der Waals surface area contributed by atoms with E-state index in [2.05, 4.69) is 32.2 Å². The van der Waals surface area contributed by atoms with Crippen LogP contribution in [0.2, 0.25) is 0 Å². The predicted molar refractivity (Wildman–Crippen MR) is 57.8 cm³/mol. The maximum absolute atomic E-state index is 8.91. The van der Waals surface area contributed by atoms with E-state index in [0.29, 0.717) is 12.5 Å². The molecule has 0 aliphatic carbocycles. The smallest absolute Gasteiger partial charge is 0.0622 e. The molecule has 0 saturated heterocycles. The van der Waals surface area contributed by atoms with Crippen LogP contribution in [-0.2, 0) is 0 Å². The molecule has 0 amide bonds. The molecule has 2 N–H and O–H groups in total. The minimum absolute atomic E-state index is 0.162. The highest BCUT2D eigenvalue weighted by atomic mass is 16.3. The Hall–Kier alpha value is -0.590. The van der Waals surface area contributed by atoms with Crippen LogP contribution in [0.15, 0.2) is 0 Å². The summed E-state index contributed by atoms with van der Waals surface area (Å²) in [6.07, 6.45) is 2.26. The third-order valence-corrected chi connectivity index (χ3v) is 2.32. The maximum Gasteiger partial charge on any atom is 0.0622 e.